The van der Waals surface area contributed by atoms with Gasteiger partial charge in [0.1, 0.15) is 11.4 Å². The molecule has 0 aliphatic heterocycles. The second-order valence-electron chi connectivity index (χ2n) is 5.16. The maximum Gasteiger partial charge on any atom is 0.271 e. The van der Waals surface area contributed by atoms with Crippen LogP contribution in [0.3, 0.4) is 0 Å². The van der Waals surface area contributed by atoms with Crippen LogP contribution in [0.2, 0.25) is 0 Å². The van der Waals surface area contributed by atoms with E-state index in [2.05, 4.69) is 43.5 Å². The lowest BCUT2D eigenvalue weighted by atomic mass is 10.3. The first kappa shape index (κ1) is 20.2. The fraction of sp³-hybridized carbons (Fsp3) is 0.294. The minimum absolute atomic E-state index is 0.168. The van der Waals surface area contributed by atoms with Crippen molar-refractivity contribution in [1.29, 1.82) is 0 Å². The third-order valence-electron chi connectivity index (χ3n) is 3.16. The van der Waals surface area contributed by atoms with E-state index in [4.69, 9.17) is 4.74 Å². The highest BCUT2D eigenvalue weighted by atomic mass is 79.9. The van der Waals surface area contributed by atoms with Crippen molar-refractivity contribution in [2.45, 2.75) is 18.5 Å². The lowest BCUT2D eigenvalue weighted by molar-refractivity contribution is -0.115. The van der Waals surface area contributed by atoms with Crippen LogP contribution in [0.4, 0.5) is 5.69 Å². The van der Waals surface area contributed by atoms with Gasteiger partial charge in [-0.3, -0.25) is 9.59 Å². The summed E-state index contributed by atoms with van der Waals surface area (Å²) in [5, 5.41) is 5.79. The summed E-state index contributed by atoms with van der Waals surface area (Å²) in [6.07, 6.45) is 2.52. The fourth-order valence-electron chi connectivity index (χ4n) is 1.90. The number of aromatic nitrogens is 2. The van der Waals surface area contributed by atoms with E-state index in [-0.39, 0.29) is 18.1 Å². The number of methoxy groups -OCH3 is 1. The number of hydrogen-bond donors (Lipinski definition) is 2. The first-order chi connectivity index (χ1) is 12.5. The Kier molecular flexibility index (Phi) is 7.86. The van der Waals surface area contributed by atoms with Gasteiger partial charge in [-0.2, -0.15) is 0 Å². The molecule has 1 aromatic heterocycles. The predicted octanol–water partition coefficient (Wildman–Crippen LogP) is 3.12. The number of carbonyl (C=O) groups is 2. The van der Waals surface area contributed by atoms with Gasteiger partial charge in [0.25, 0.3) is 5.91 Å². The molecule has 26 heavy (non-hydrogen) atoms. The third-order valence-corrected chi connectivity index (χ3v) is 4.80. The van der Waals surface area contributed by atoms with Gasteiger partial charge in [0, 0.05) is 17.6 Å². The summed E-state index contributed by atoms with van der Waals surface area (Å²) >= 11 is 4.74. The van der Waals surface area contributed by atoms with Gasteiger partial charge < -0.3 is 15.4 Å². The van der Waals surface area contributed by atoms with Gasteiger partial charge in [0.15, 0.2) is 5.16 Å². The smallest absolute Gasteiger partial charge is 0.271 e. The van der Waals surface area contributed by atoms with E-state index in [0.29, 0.717) is 21.1 Å². The Balaban J connectivity index is 1.91. The van der Waals surface area contributed by atoms with Crippen LogP contribution in [0, 0.1) is 0 Å². The van der Waals surface area contributed by atoms with E-state index in [1.54, 1.807) is 31.4 Å². The average Bonchev–Trinajstić information content (AvgIpc) is 2.66. The molecule has 9 heteroatoms. The van der Waals surface area contributed by atoms with Crippen LogP contribution < -0.4 is 15.4 Å². The average molecular weight is 439 g/mol. The summed E-state index contributed by atoms with van der Waals surface area (Å²) in [5.74, 6) is 0.783. The van der Waals surface area contributed by atoms with Crippen LogP contribution in [0.25, 0.3) is 0 Å². The van der Waals surface area contributed by atoms with Crippen molar-refractivity contribution in [3.63, 3.8) is 0 Å². The van der Waals surface area contributed by atoms with Gasteiger partial charge in [-0.25, -0.2) is 9.97 Å². The molecule has 0 unspecified atom stereocenters. The molecule has 138 valence electrons. The zero-order valence-electron chi connectivity index (χ0n) is 14.4. The molecule has 1 aromatic carbocycles. The second-order valence-corrected chi connectivity index (χ2v) is 7.07. The zero-order chi connectivity index (χ0) is 18.9. The number of hydrogen-bond acceptors (Lipinski definition) is 6. The highest BCUT2D eigenvalue weighted by Crippen LogP contribution is 2.19. The minimum atomic E-state index is -0.442. The third kappa shape index (κ3) is 5.99. The van der Waals surface area contributed by atoms with Gasteiger partial charge in [-0.1, -0.05) is 18.7 Å². The Morgan fingerprint density at radius 1 is 1.27 bits per heavy atom. The van der Waals surface area contributed by atoms with Crippen LogP contribution in [-0.4, -0.2) is 41.2 Å². The summed E-state index contributed by atoms with van der Waals surface area (Å²) in [6, 6.07) is 6.91. The Morgan fingerprint density at radius 2 is 2.00 bits per heavy atom. The Labute approximate surface area is 164 Å². The van der Waals surface area contributed by atoms with E-state index in [1.807, 2.05) is 0 Å². The number of rotatable bonds is 8. The van der Waals surface area contributed by atoms with Crippen molar-refractivity contribution in [1.82, 2.24) is 15.3 Å². The summed E-state index contributed by atoms with van der Waals surface area (Å²) < 4.78 is 5.54. The molecule has 2 amide bonds. The number of anilines is 1. The lowest BCUT2D eigenvalue weighted by Gasteiger charge is -2.09. The quantitative estimate of drug-likeness (QED) is 0.485. The summed E-state index contributed by atoms with van der Waals surface area (Å²) in [7, 11) is 1.57. The van der Waals surface area contributed by atoms with E-state index in [9.17, 15) is 9.59 Å². The number of halogens is 1. The molecule has 0 saturated heterocycles. The molecular formula is C17H19BrN4O3S. The van der Waals surface area contributed by atoms with E-state index in [1.165, 1.54) is 18.0 Å². The van der Waals surface area contributed by atoms with Crippen LogP contribution in [0.5, 0.6) is 5.75 Å². The number of thioether (sulfide) groups is 1. The van der Waals surface area contributed by atoms with E-state index in [0.717, 1.165) is 12.2 Å². The van der Waals surface area contributed by atoms with Crippen LogP contribution in [0.15, 0.2) is 40.1 Å². The molecular weight excluding hydrogens is 420 g/mol. The first-order valence-corrected chi connectivity index (χ1v) is 9.68. The van der Waals surface area contributed by atoms with Crippen LogP contribution in [-0.2, 0) is 4.79 Å². The highest BCUT2D eigenvalue weighted by Gasteiger charge is 2.15. The summed E-state index contributed by atoms with van der Waals surface area (Å²) in [4.78, 5) is 32.7. The predicted molar refractivity (Wildman–Crippen MR) is 105 cm³/mol. The van der Waals surface area contributed by atoms with Crippen LogP contribution >= 0.6 is 27.7 Å². The topological polar surface area (TPSA) is 93.2 Å². The van der Waals surface area contributed by atoms with E-state index < -0.39 is 5.91 Å². The molecule has 0 radical (unpaired) electrons. The maximum atomic E-state index is 12.3. The summed E-state index contributed by atoms with van der Waals surface area (Å²) in [5.41, 5.74) is 0.822. The zero-order valence-corrected chi connectivity index (χ0v) is 16.8. The molecule has 0 atom stereocenters. The molecule has 2 N–H and O–H groups in total. The van der Waals surface area contributed by atoms with Gasteiger partial charge in [0.05, 0.1) is 18.1 Å². The molecule has 1 heterocycles. The van der Waals surface area contributed by atoms with Crippen LogP contribution in [0.1, 0.15) is 23.8 Å². The fourth-order valence-corrected chi connectivity index (χ4v) is 2.94. The van der Waals surface area contributed by atoms with Crippen molar-refractivity contribution in [3.8, 4) is 5.75 Å². The van der Waals surface area contributed by atoms with Crippen molar-refractivity contribution in [3.05, 3.63) is 40.6 Å². The van der Waals surface area contributed by atoms with Crippen molar-refractivity contribution >= 4 is 45.2 Å². The van der Waals surface area contributed by atoms with E-state index >= 15 is 0 Å². The standard InChI is InChI=1S/C17H19BrN4O3S/c1-3-8-26-17-20-9-13(18)15(22-17)16(24)19-10-14(23)21-11-4-6-12(25-2)7-5-11/h4-7,9H,3,8,10H2,1-2H3,(H,19,24)(H,21,23). The number of ether oxygens (including phenoxy) is 1. The van der Waals surface area contributed by atoms with Gasteiger partial charge in [-0.05, 0) is 46.6 Å². The van der Waals surface area contributed by atoms with Crippen molar-refractivity contribution < 1.29 is 14.3 Å². The molecule has 0 bridgehead atoms. The molecule has 0 aliphatic carbocycles. The largest absolute Gasteiger partial charge is 0.497 e. The molecule has 0 aliphatic rings. The number of amides is 2. The maximum absolute atomic E-state index is 12.3. The SMILES string of the molecule is CCCSc1ncc(Br)c(C(=O)NCC(=O)Nc2ccc(OC)cc2)n1. The molecule has 2 rings (SSSR count). The normalized spacial score (nSPS) is 10.3. The first-order valence-electron chi connectivity index (χ1n) is 7.91. The molecule has 0 spiro atoms. The number of benzene rings is 1. The molecule has 7 nitrogen and oxygen atoms in total. The number of nitrogens with zero attached hydrogens (tertiary/aromatic N) is 2. The minimum Gasteiger partial charge on any atom is -0.497 e. The highest BCUT2D eigenvalue weighted by molar-refractivity contribution is 9.10. The Hall–Kier alpha value is -2.13. The molecule has 2 aromatic rings. The lowest BCUT2D eigenvalue weighted by Crippen LogP contribution is -2.33. The van der Waals surface area contributed by atoms with Gasteiger partial charge in [-0.15, -0.1) is 0 Å². The van der Waals surface area contributed by atoms with Gasteiger partial charge in [0.2, 0.25) is 5.91 Å². The summed E-state index contributed by atoms with van der Waals surface area (Å²) in [6.45, 7) is 1.89. The monoisotopic (exact) mass is 438 g/mol. The Morgan fingerprint density at radius 3 is 2.65 bits per heavy atom. The number of nitrogens with one attached hydrogen (secondary N) is 2. The van der Waals surface area contributed by atoms with Crippen molar-refractivity contribution in [2.75, 3.05) is 24.7 Å². The molecule has 0 saturated carbocycles. The van der Waals surface area contributed by atoms with Crippen molar-refractivity contribution in [2.24, 2.45) is 0 Å². The number of carbonyl (C=O) groups excluding carboxylic acids is 2. The molecule has 0 fully saturated rings. The second kappa shape index (κ2) is 10.1. The Bertz CT molecular complexity index is 771. The van der Waals surface area contributed by atoms with Gasteiger partial charge >= 0.3 is 0 Å².